The molecule has 1 aliphatic rings. The summed E-state index contributed by atoms with van der Waals surface area (Å²) in [6.07, 6.45) is 1.85. The Balaban J connectivity index is 1.67. The molecule has 1 unspecified atom stereocenters. The maximum absolute atomic E-state index is 13.0. The Morgan fingerprint density at radius 2 is 1.92 bits per heavy atom. The number of esters is 1. The number of rotatable bonds is 7. The molecule has 2 aromatic carbocycles. The highest BCUT2D eigenvalue weighted by atomic mass is 32.2. The molecule has 1 fully saturated rings. The lowest BCUT2D eigenvalue weighted by molar-refractivity contribution is -0.143. The van der Waals surface area contributed by atoms with Gasteiger partial charge in [0, 0.05) is 18.7 Å². The minimum atomic E-state index is -3.62. The monoisotopic (exact) mass is 531 g/mol. The number of methoxy groups -OCH3 is 1. The summed E-state index contributed by atoms with van der Waals surface area (Å²) in [5, 5.41) is 0. The lowest BCUT2D eigenvalue weighted by atomic mass is 10.0. The Hall–Kier alpha value is -3.02. The van der Waals surface area contributed by atoms with Gasteiger partial charge >= 0.3 is 5.97 Å². The Bertz CT molecular complexity index is 1440. The fourth-order valence-electron chi connectivity index (χ4n) is 4.26. The zero-order valence-corrected chi connectivity index (χ0v) is 22.1. The molecule has 0 N–H and O–H groups in total. The highest BCUT2D eigenvalue weighted by molar-refractivity contribution is 7.89. The van der Waals surface area contributed by atoms with E-state index in [9.17, 15) is 18.0 Å². The van der Waals surface area contributed by atoms with Crippen molar-refractivity contribution in [3.8, 4) is 5.75 Å². The molecule has 192 valence electrons. The summed E-state index contributed by atoms with van der Waals surface area (Å²) in [5.74, 6) is -0.148. The van der Waals surface area contributed by atoms with Crippen molar-refractivity contribution in [2.45, 2.75) is 38.1 Å². The molecular weight excluding hydrogens is 502 g/mol. The van der Waals surface area contributed by atoms with E-state index in [1.54, 1.807) is 17.6 Å². The number of ether oxygens (including phenoxy) is 2. The maximum Gasteiger partial charge on any atom is 0.326 e. The number of benzene rings is 2. The van der Waals surface area contributed by atoms with Crippen LogP contribution in [0.5, 0.6) is 5.75 Å². The van der Waals surface area contributed by atoms with Crippen LogP contribution in [0.15, 0.2) is 52.4 Å². The van der Waals surface area contributed by atoms with Gasteiger partial charge in [-0.15, -0.1) is 0 Å². The summed E-state index contributed by atoms with van der Waals surface area (Å²) in [4.78, 5) is 30.0. The number of aromatic nitrogens is 1. The molecule has 11 heteroatoms. The molecule has 2 heterocycles. The number of para-hydroxylation sites is 1. The third-order valence-electron chi connectivity index (χ3n) is 6.03. The van der Waals surface area contributed by atoms with Crippen molar-refractivity contribution >= 4 is 43.5 Å². The predicted octanol–water partition coefficient (Wildman–Crippen LogP) is 3.44. The molecule has 3 aromatic rings. The fraction of sp³-hybridized carbons (Fsp3) is 0.400. The lowest BCUT2D eigenvalue weighted by Crippen LogP contribution is -2.39. The molecule has 36 heavy (non-hydrogen) atoms. The highest BCUT2D eigenvalue weighted by Gasteiger charge is 2.28. The third kappa shape index (κ3) is 5.37. The number of piperidine rings is 1. The molecule has 0 radical (unpaired) electrons. The Morgan fingerprint density at radius 3 is 2.58 bits per heavy atom. The van der Waals surface area contributed by atoms with Crippen LogP contribution in [-0.2, 0) is 26.1 Å². The van der Waals surface area contributed by atoms with E-state index in [0.717, 1.165) is 17.5 Å². The van der Waals surface area contributed by atoms with E-state index >= 15 is 0 Å². The molecule has 0 spiro atoms. The van der Waals surface area contributed by atoms with Crippen molar-refractivity contribution in [3.05, 3.63) is 52.8 Å². The maximum atomic E-state index is 13.0. The number of carbonyl (C=O) groups is 2. The Kier molecular flexibility index (Phi) is 7.91. The van der Waals surface area contributed by atoms with Gasteiger partial charge in [0.25, 0.3) is 5.91 Å². The average Bonchev–Trinajstić information content (AvgIpc) is 3.21. The van der Waals surface area contributed by atoms with E-state index in [-0.39, 0.29) is 23.6 Å². The minimum Gasteiger partial charge on any atom is -0.495 e. The number of sulfonamides is 1. The van der Waals surface area contributed by atoms with Crippen LogP contribution in [0.4, 0.5) is 0 Å². The number of nitrogens with zero attached hydrogens (tertiary/aromatic N) is 3. The summed E-state index contributed by atoms with van der Waals surface area (Å²) >= 11 is 1.25. The first-order valence-electron chi connectivity index (χ1n) is 11.8. The summed E-state index contributed by atoms with van der Waals surface area (Å²) in [6.45, 7) is 4.86. The number of carbonyl (C=O) groups excluding carboxylic acids is 2. The van der Waals surface area contributed by atoms with Gasteiger partial charge in [-0.3, -0.25) is 9.59 Å². The molecule has 0 bridgehead atoms. The molecule has 0 saturated carbocycles. The van der Waals surface area contributed by atoms with Crippen molar-refractivity contribution in [1.82, 2.24) is 8.87 Å². The van der Waals surface area contributed by atoms with Gasteiger partial charge in [0.05, 0.1) is 23.3 Å². The van der Waals surface area contributed by atoms with E-state index in [1.807, 2.05) is 19.1 Å². The zero-order valence-electron chi connectivity index (χ0n) is 20.5. The van der Waals surface area contributed by atoms with Crippen LogP contribution in [0, 0.1) is 5.92 Å². The lowest BCUT2D eigenvalue weighted by Gasteiger charge is -2.30. The SMILES string of the molecule is CCOC(=O)Cn1c(=NC(=O)c2ccc(S(=O)(=O)N3CCCC(C)C3)cc2)sc2cccc(OC)c21. The zero-order chi connectivity index (χ0) is 25.9. The van der Waals surface area contributed by atoms with Crippen molar-refractivity contribution < 1.29 is 27.5 Å². The number of thiazole rings is 1. The first-order valence-corrected chi connectivity index (χ1v) is 14.0. The quantitative estimate of drug-likeness (QED) is 0.433. The second kappa shape index (κ2) is 10.9. The van der Waals surface area contributed by atoms with Crippen LogP contribution >= 0.6 is 11.3 Å². The van der Waals surface area contributed by atoms with E-state index in [0.29, 0.717) is 35.1 Å². The van der Waals surface area contributed by atoms with E-state index < -0.39 is 21.9 Å². The molecule has 4 rings (SSSR count). The van der Waals surface area contributed by atoms with Gasteiger partial charge in [0.15, 0.2) is 4.80 Å². The minimum absolute atomic E-state index is 0.133. The van der Waals surface area contributed by atoms with Crippen molar-refractivity contribution in [3.63, 3.8) is 0 Å². The second-order valence-electron chi connectivity index (χ2n) is 8.63. The smallest absolute Gasteiger partial charge is 0.326 e. The van der Waals surface area contributed by atoms with Gasteiger partial charge in [-0.2, -0.15) is 9.30 Å². The predicted molar refractivity (Wildman–Crippen MR) is 136 cm³/mol. The van der Waals surface area contributed by atoms with Crippen LogP contribution in [0.2, 0.25) is 0 Å². The average molecular weight is 532 g/mol. The first-order chi connectivity index (χ1) is 17.2. The summed E-state index contributed by atoms with van der Waals surface area (Å²) < 4.78 is 40.5. The van der Waals surface area contributed by atoms with Gasteiger partial charge < -0.3 is 14.0 Å². The second-order valence-corrected chi connectivity index (χ2v) is 11.6. The number of hydrogen-bond acceptors (Lipinski definition) is 7. The molecule has 1 aromatic heterocycles. The van der Waals surface area contributed by atoms with E-state index in [2.05, 4.69) is 4.99 Å². The number of amides is 1. The normalized spacial score (nSPS) is 17.3. The van der Waals surface area contributed by atoms with Crippen molar-refractivity contribution in [2.24, 2.45) is 10.9 Å². The summed E-state index contributed by atoms with van der Waals surface area (Å²) in [7, 11) is -2.09. The van der Waals surface area contributed by atoms with E-state index in [4.69, 9.17) is 9.47 Å². The Labute approximate surface area is 214 Å². The van der Waals surface area contributed by atoms with Crippen LogP contribution in [0.1, 0.15) is 37.0 Å². The van der Waals surface area contributed by atoms with Gasteiger partial charge in [-0.25, -0.2) is 8.42 Å². The molecule has 1 saturated heterocycles. The molecule has 1 amide bonds. The van der Waals surface area contributed by atoms with Gasteiger partial charge in [0.2, 0.25) is 10.0 Å². The highest BCUT2D eigenvalue weighted by Crippen LogP contribution is 2.28. The van der Waals surface area contributed by atoms with Crippen molar-refractivity contribution in [1.29, 1.82) is 0 Å². The molecular formula is C25H29N3O6S2. The van der Waals surface area contributed by atoms with Crippen molar-refractivity contribution in [2.75, 3.05) is 26.8 Å². The molecule has 1 atom stereocenters. The first kappa shape index (κ1) is 26.1. The van der Waals surface area contributed by atoms with Crippen LogP contribution < -0.4 is 9.54 Å². The van der Waals surface area contributed by atoms with Gasteiger partial charge in [0.1, 0.15) is 17.8 Å². The number of fused-ring (bicyclic) bond motifs is 1. The molecule has 1 aliphatic heterocycles. The van der Waals surface area contributed by atoms with Crippen LogP contribution in [-0.4, -0.2) is 56.0 Å². The topological polar surface area (TPSA) is 107 Å². The largest absolute Gasteiger partial charge is 0.495 e. The fourth-order valence-corrected chi connectivity index (χ4v) is 6.91. The molecule has 9 nitrogen and oxygen atoms in total. The Morgan fingerprint density at radius 1 is 1.17 bits per heavy atom. The van der Waals surface area contributed by atoms with Crippen LogP contribution in [0.25, 0.3) is 10.2 Å². The summed E-state index contributed by atoms with van der Waals surface area (Å²) in [5.41, 5.74) is 0.884. The third-order valence-corrected chi connectivity index (χ3v) is 8.96. The van der Waals surface area contributed by atoms with E-state index in [1.165, 1.54) is 47.0 Å². The van der Waals surface area contributed by atoms with Gasteiger partial charge in [-0.05, 0) is 62.1 Å². The van der Waals surface area contributed by atoms with Gasteiger partial charge in [-0.1, -0.05) is 24.3 Å². The molecule has 0 aliphatic carbocycles. The van der Waals surface area contributed by atoms with Crippen LogP contribution in [0.3, 0.4) is 0 Å². The standard InChI is InChI=1S/C25H29N3O6S2/c1-4-34-22(29)16-28-23-20(33-3)8-5-9-21(23)35-25(28)26-24(30)18-10-12-19(13-11-18)36(31,32)27-14-6-7-17(2)15-27/h5,8-13,17H,4,6-7,14-16H2,1-3H3. The summed E-state index contributed by atoms with van der Waals surface area (Å²) in [6, 6.07) is 11.3. The number of hydrogen-bond donors (Lipinski definition) is 0.